The van der Waals surface area contributed by atoms with Gasteiger partial charge in [0, 0.05) is 12.6 Å². The highest BCUT2D eigenvalue weighted by Crippen LogP contribution is 2.29. The maximum atomic E-state index is 9.84. The molecule has 1 aromatic rings. The van der Waals surface area contributed by atoms with Gasteiger partial charge in [0.1, 0.15) is 0 Å². The highest BCUT2D eigenvalue weighted by Gasteiger charge is 2.20. The van der Waals surface area contributed by atoms with Crippen LogP contribution in [0.5, 0.6) is 0 Å². The standard InChI is InChI=1S/C15H23NO/c1-11(2)15(17)10-16-14-9-5-7-12-6-3-4-8-13(12)14/h3-4,6,8,11,14-17H,5,7,9-10H2,1-2H3. The predicted octanol–water partition coefficient (Wildman–Crippen LogP) is 2.67. The lowest BCUT2D eigenvalue weighted by Crippen LogP contribution is -2.34. The molecule has 94 valence electrons. The zero-order valence-corrected chi connectivity index (χ0v) is 10.8. The molecule has 2 atom stereocenters. The Balaban J connectivity index is 1.99. The van der Waals surface area contributed by atoms with Crippen molar-refractivity contribution in [1.82, 2.24) is 5.32 Å². The molecule has 1 aromatic carbocycles. The van der Waals surface area contributed by atoms with Gasteiger partial charge in [0.15, 0.2) is 0 Å². The number of aliphatic hydroxyl groups excluding tert-OH is 1. The van der Waals surface area contributed by atoms with Crippen molar-refractivity contribution in [3.05, 3.63) is 35.4 Å². The Morgan fingerprint density at radius 3 is 2.88 bits per heavy atom. The van der Waals surface area contributed by atoms with Gasteiger partial charge >= 0.3 is 0 Å². The van der Waals surface area contributed by atoms with Gasteiger partial charge in [0.05, 0.1) is 6.10 Å². The molecule has 2 nitrogen and oxygen atoms in total. The normalized spacial score (nSPS) is 21.3. The molecule has 1 aliphatic carbocycles. The van der Waals surface area contributed by atoms with Crippen LogP contribution in [0.3, 0.4) is 0 Å². The van der Waals surface area contributed by atoms with Gasteiger partial charge in [-0.15, -0.1) is 0 Å². The smallest absolute Gasteiger partial charge is 0.0687 e. The number of benzene rings is 1. The van der Waals surface area contributed by atoms with Gasteiger partial charge in [-0.25, -0.2) is 0 Å². The van der Waals surface area contributed by atoms with Crippen LogP contribution in [-0.2, 0) is 6.42 Å². The Hall–Kier alpha value is -0.860. The Morgan fingerprint density at radius 1 is 1.35 bits per heavy atom. The number of aliphatic hydroxyl groups is 1. The van der Waals surface area contributed by atoms with Crippen LogP contribution in [0.2, 0.25) is 0 Å². The first-order valence-electron chi connectivity index (χ1n) is 6.67. The van der Waals surface area contributed by atoms with E-state index in [0.29, 0.717) is 18.5 Å². The van der Waals surface area contributed by atoms with Crippen LogP contribution in [0, 0.1) is 5.92 Å². The lowest BCUT2D eigenvalue weighted by molar-refractivity contribution is 0.119. The molecule has 0 radical (unpaired) electrons. The monoisotopic (exact) mass is 233 g/mol. The van der Waals surface area contributed by atoms with E-state index < -0.39 is 0 Å². The third kappa shape index (κ3) is 3.08. The zero-order valence-electron chi connectivity index (χ0n) is 10.8. The molecule has 0 saturated carbocycles. The SMILES string of the molecule is CC(C)C(O)CNC1CCCc2ccccc21. The van der Waals surface area contributed by atoms with Crippen LogP contribution in [0.1, 0.15) is 43.9 Å². The maximum absolute atomic E-state index is 9.84. The number of fused-ring (bicyclic) bond motifs is 1. The van der Waals surface area contributed by atoms with Gasteiger partial charge in [-0.2, -0.15) is 0 Å². The van der Waals surface area contributed by atoms with Gasteiger partial charge in [-0.05, 0) is 36.3 Å². The first kappa shape index (κ1) is 12.6. The third-order valence-electron chi connectivity index (χ3n) is 3.71. The average Bonchev–Trinajstić information content (AvgIpc) is 2.35. The average molecular weight is 233 g/mol. The predicted molar refractivity (Wildman–Crippen MR) is 71.0 cm³/mol. The molecule has 0 heterocycles. The fourth-order valence-corrected chi connectivity index (χ4v) is 2.46. The van der Waals surface area contributed by atoms with E-state index in [-0.39, 0.29) is 6.10 Å². The minimum atomic E-state index is -0.246. The highest BCUT2D eigenvalue weighted by molar-refractivity contribution is 5.32. The minimum Gasteiger partial charge on any atom is -0.392 e. The topological polar surface area (TPSA) is 32.3 Å². The van der Waals surface area contributed by atoms with Crippen molar-refractivity contribution in [2.24, 2.45) is 5.92 Å². The van der Waals surface area contributed by atoms with Gasteiger partial charge < -0.3 is 10.4 Å². The van der Waals surface area contributed by atoms with Crippen LogP contribution in [0.25, 0.3) is 0 Å². The van der Waals surface area contributed by atoms with E-state index in [9.17, 15) is 5.11 Å². The molecule has 2 unspecified atom stereocenters. The van der Waals surface area contributed by atoms with Crippen LogP contribution in [0.4, 0.5) is 0 Å². The summed E-state index contributed by atoms with van der Waals surface area (Å²) in [7, 11) is 0. The van der Waals surface area contributed by atoms with Crippen molar-refractivity contribution >= 4 is 0 Å². The van der Waals surface area contributed by atoms with Crippen molar-refractivity contribution in [3.63, 3.8) is 0 Å². The Bertz CT molecular complexity index is 362. The molecule has 1 aliphatic rings. The number of nitrogens with one attached hydrogen (secondary N) is 1. The number of hydrogen-bond donors (Lipinski definition) is 2. The van der Waals surface area contributed by atoms with E-state index in [1.807, 2.05) is 0 Å². The summed E-state index contributed by atoms with van der Waals surface area (Å²) in [6.07, 6.45) is 3.37. The molecule has 0 aliphatic heterocycles. The number of hydrogen-bond acceptors (Lipinski definition) is 2. The summed E-state index contributed by atoms with van der Waals surface area (Å²) in [5.74, 6) is 0.321. The summed E-state index contributed by atoms with van der Waals surface area (Å²) < 4.78 is 0. The van der Waals surface area contributed by atoms with E-state index in [4.69, 9.17) is 0 Å². The van der Waals surface area contributed by atoms with Gasteiger partial charge in [-0.3, -0.25) is 0 Å². The molecule has 0 bridgehead atoms. The summed E-state index contributed by atoms with van der Waals surface area (Å²) in [6, 6.07) is 9.09. The van der Waals surface area contributed by atoms with E-state index in [1.165, 1.54) is 30.4 Å². The fourth-order valence-electron chi connectivity index (χ4n) is 2.46. The second-order valence-corrected chi connectivity index (χ2v) is 5.36. The van der Waals surface area contributed by atoms with Crippen molar-refractivity contribution in [2.75, 3.05) is 6.54 Å². The Kier molecular flexibility index (Phi) is 4.19. The van der Waals surface area contributed by atoms with Crippen molar-refractivity contribution < 1.29 is 5.11 Å². The molecule has 17 heavy (non-hydrogen) atoms. The quantitative estimate of drug-likeness (QED) is 0.838. The first-order valence-corrected chi connectivity index (χ1v) is 6.67. The van der Waals surface area contributed by atoms with Crippen LogP contribution in [0.15, 0.2) is 24.3 Å². The summed E-state index contributed by atoms with van der Waals surface area (Å²) in [4.78, 5) is 0. The zero-order chi connectivity index (χ0) is 12.3. The Morgan fingerprint density at radius 2 is 2.12 bits per heavy atom. The molecule has 0 aromatic heterocycles. The third-order valence-corrected chi connectivity index (χ3v) is 3.71. The maximum Gasteiger partial charge on any atom is 0.0687 e. The second kappa shape index (κ2) is 5.65. The largest absolute Gasteiger partial charge is 0.392 e. The van der Waals surface area contributed by atoms with Crippen LogP contribution >= 0.6 is 0 Å². The second-order valence-electron chi connectivity index (χ2n) is 5.36. The molecule has 2 heteroatoms. The van der Waals surface area contributed by atoms with Crippen LogP contribution < -0.4 is 5.32 Å². The summed E-state index contributed by atoms with van der Waals surface area (Å²) >= 11 is 0. The lowest BCUT2D eigenvalue weighted by atomic mass is 9.87. The first-order chi connectivity index (χ1) is 8.18. The van der Waals surface area contributed by atoms with E-state index >= 15 is 0 Å². The summed E-state index contributed by atoms with van der Waals surface area (Å²) in [5, 5.41) is 13.4. The molecular formula is C15H23NO. The van der Waals surface area contributed by atoms with E-state index in [0.717, 1.165) is 0 Å². The fraction of sp³-hybridized carbons (Fsp3) is 0.600. The van der Waals surface area contributed by atoms with Gasteiger partial charge in [0.2, 0.25) is 0 Å². The summed E-state index contributed by atoms with van der Waals surface area (Å²) in [6.45, 7) is 4.80. The highest BCUT2D eigenvalue weighted by atomic mass is 16.3. The van der Waals surface area contributed by atoms with Crippen molar-refractivity contribution in [2.45, 2.75) is 45.3 Å². The van der Waals surface area contributed by atoms with Crippen LogP contribution in [-0.4, -0.2) is 17.8 Å². The van der Waals surface area contributed by atoms with Gasteiger partial charge in [0.25, 0.3) is 0 Å². The molecule has 2 rings (SSSR count). The lowest BCUT2D eigenvalue weighted by Gasteiger charge is -2.28. The van der Waals surface area contributed by atoms with E-state index in [2.05, 4.69) is 43.4 Å². The van der Waals surface area contributed by atoms with Crippen molar-refractivity contribution in [1.29, 1.82) is 0 Å². The Labute approximate surface area is 104 Å². The minimum absolute atomic E-state index is 0.246. The number of rotatable bonds is 4. The molecule has 0 spiro atoms. The molecule has 0 amide bonds. The molecule has 0 saturated heterocycles. The van der Waals surface area contributed by atoms with Crippen molar-refractivity contribution in [3.8, 4) is 0 Å². The molecule has 0 fully saturated rings. The summed E-state index contributed by atoms with van der Waals surface area (Å²) in [5.41, 5.74) is 2.89. The molecule has 2 N–H and O–H groups in total. The number of aryl methyl sites for hydroxylation is 1. The molecular weight excluding hydrogens is 210 g/mol. The van der Waals surface area contributed by atoms with E-state index in [1.54, 1.807) is 0 Å². The van der Waals surface area contributed by atoms with Gasteiger partial charge in [-0.1, -0.05) is 38.1 Å².